The first-order valence-corrected chi connectivity index (χ1v) is 8.09. The van der Waals surface area contributed by atoms with Gasteiger partial charge in [0.1, 0.15) is 0 Å². The molecule has 0 aliphatic carbocycles. The summed E-state index contributed by atoms with van der Waals surface area (Å²) in [6, 6.07) is 8.99. The van der Waals surface area contributed by atoms with Gasteiger partial charge in [0, 0.05) is 6.61 Å². The van der Waals surface area contributed by atoms with E-state index >= 15 is 0 Å². The van der Waals surface area contributed by atoms with Crippen LogP contribution in [0.3, 0.4) is 0 Å². The summed E-state index contributed by atoms with van der Waals surface area (Å²) in [6.07, 6.45) is 8.10. The largest absolute Gasteiger partial charge is 0.378 e. The third-order valence-corrected chi connectivity index (χ3v) is 4.30. The van der Waals surface area contributed by atoms with Gasteiger partial charge in [0.05, 0.1) is 6.10 Å². The second kappa shape index (κ2) is 8.43. The molecule has 2 unspecified atom stereocenters. The average Bonchev–Trinajstić information content (AvgIpc) is 2.95. The Balaban J connectivity index is 1.75. The molecule has 2 nitrogen and oxygen atoms in total. The first-order valence-electron chi connectivity index (χ1n) is 8.09. The van der Waals surface area contributed by atoms with E-state index in [2.05, 4.69) is 43.6 Å². The van der Waals surface area contributed by atoms with Gasteiger partial charge in [-0.25, -0.2) is 0 Å². The number of hydrogen-bond donors (Lipinski definition) is 1. The highest BCUT2D eigenvalue weighted by Gasteiger charge is 2.16. The highest BCUT2D eigenvalue weighted by molar-refractivity contribution is 5.21. The highest BCUT2D eigenvalue weighted by atomic mass is 16.5. The topological polar surface area (TPSA) is 21.3 Å². The van der Waals surface area contributed by atoms with Crippen molar-refractivity contribution in [2.24, 2.45) is 5.92 Å². The molecule has 1 aromatic rings. The number of nitrogens with one attached hydrogen (secondary N) is 1. The first kappa shape index (κ1) is 15.5. The Morgan fingerprint density at radius 1 is 1.30 bits per heavy atom. The molecular weight excluding hydrogens is 246 g/mol. The second-order valence-electron chi connectivity index (χ2n) is 6.18. The Bertz CT molecular complexity index is 368. The average molecular weight is 275 g/mol. The van der Waals surface area contributed by atoms with Crippen molar-refractivity contribution >= 4 is 0 Å². The third kappa shape index (κ3) is 5.26. The smallest absolute Gasteiger partial charge is 0.0576 e. The molecule has 0 spiro atoms. The Kier molecular flexibility index (Phi) is 6.55. The minimum absolute atomic E-state index is 0.546. The van der Waals surface area contributed by atoms with Crippen molar-refractivity contribution in [3.8, 4) is 0 Å². The number of aryl methyl sites for hydroxylation is 1. The van der Waals surface area contributed by atoms with Gasteiger partial charge in [0.2, 0.25) is 0 Å². The lowest BCUT2D eigenvalue weighted by Crippen LogP contribution is -2.21. The normalized spacial score (nSPS) is 20.2. The van der Waals surface area contributed by atoms with E-state index in [9.17, 15) is 0 Å². The van der Waals surface area contributed by atoms with Gasteiger partial charge in [-0.3, -0.25) is 0 Å². The molecule has 2 rings (SSSR count). The van der Waals surface area contributed by atoms with Gasteiger partial charge >= 0.3 is 0 Å². The summed E-state index contributed by atoms with van der Waals surface area (Å²) in [6.45, 7) is 4.24. The van der Waals surface area contributed by atoms with Crippen LogP contribution in [0.15, 0.2) is 24.3 Å². The van der Waals surface area contributed by atoms with Crippen LogP contribution in [0.5, 0.6) is 0 Å². The zero-order valence-electron chi connectivity index (χ0n) is 13.0. The van der Waals surface area contributed by atoms with Crippen LogP contribution in [0.2, 0.25) is 0 Å². The van der Waals surface area contributed by atoms with E-state index in [0.717, 1.165) is 19.1 Å². The molecule has 1 aliphatic rings. The van der Waals surface area contributed by atoms with Crippen molar-refractivity contribution in [2.75, 3.05) is 20.2 Å². The van der Waals surface area contributed by atoms with Crippen LogP contribution in [0, 0.1) is 12.8 Å². The molecule has 1 saturated heterocycles. The Labute approximate surface area is 123 Å². The van der Waals surface area contributed by atoms with Crippen LogP contribution in [-0.2, 0) is 11.2 Å². The van der Waals surface area contributed by atoms with Gasteiger partial charge in [0.15, 0.2) is 0 Å². The van der Waals surface area contributed by atoms with Gasteiger partial charge in [-0.2, -0.15) is 0 Å². The number of benzene rings is 1. The van der Waals surface area contributed by atoms with Crippen LogP contribution in [0.4, 0.5) is 0 Å². The molecule has 1 heterocycles. The van der Waals surface area contributed by atoms with Crippen molar-refractivity contribution < 1.29 is 4.74 Å². The van der Waals surface area contributed by atoms with E-state index in [4.69, 9.17) is 4.74 Å². The number of hydrogen-bond acceptors (Lipinski definition) is 2. The lowest BCUT2D eigenvalue weighted by Gasteiger charge is -2.18. The van der Waals surface area contributed by atoms with Gasteiger partial charge < -0.3 is 10.1 Å². The second-order valence-corrected chi connectivity index (χ2v) is 6.18. The fraction of sp³-hybridized carbons (Fsp3) is 0.667. The molecule has 2 heteroatoms. The van der Waals surface area contributed by atoms with Gasteiger partial charge in [0.25, 0.3) is 0 Å². The van der Waals surface area contributed by atoms with E-state index in [1.807, 2.05) is 0 Å². The standard InChI is InChI=1S/C18H29NO/c1-15-8-10-16(11-9-15)13-17(14-19-2)5-3-6-18-7-4-12-20-18/h8-11,17-19H,3-7,12-14H2,1-2H3. The van der Waals surface area contributed by atoms with Crippen molar-refractivity contribution in [3.63, 3.8) is 0 Å². The maximum absolute atomic E-state index is 5.71. The van der Waals surface area contributed by atoms with E-state index in [1.54, 1.807) is 0 Å². The zero-order chi connectivity index (χ0) is 14.2. The summed E-state index contributed by atoms with van der Waals surface area (Å²) in [5.74, 6) is 0.740. The minimum atomic E-state index is 0.546. The molecule has 1 N–H and O–H groups in total. The minimum Gasteiger partial charge on any atom is -0.378 e. The molecule has 0 aromatic heterocycles. The summed E-state index contributed by atoms with van der Waals surface area (Å²) in [5, 5.41) is 3.35. The van der Waals surface area contributed by atoms with Gasteiger partial charge in [-0.05, 0) is 64.1 Å². The molecular formula is C18H29NO. The molecule has 0 radical (unpaired) electrons. The van der Waals surface area contributed by atoms with E-state index in [1.165, 1.54) is 49.7 Å². The lowest BCUT2D eigenvalue weighted by atomic mass is 9.92. The summed E-state index contributed by atoms with van der Waals surface area (Å²) in [7, 11) is 2.06. The van der Waals surface area contributed by atoms with Crippen molar-refractivity contribution in [1.82, 2.24) is 5.32 Å². The molecule has 1 fully saturated rings. The maximum Gasteiger partial charge on any atom is 0.0576 e. The van der Waals surface area contributed by atoms with Crippen LogP contribution in [-0.4, -0.2) is 26.3 Å². The first-order chi connectivity index (χ1) is 9.78. The zero-order valence-corrected chi connectivity index (χ0v) is 13.0. The summed E-state index contributed by atoms with van der Waals surface area (Å²) < 4.78 is 5.71. The molecule has 0 amide bonds. The molecule has 20 heavy (non-hydrogen) atoms. The molecule has 2 atom stereocenters. The van der Waals surface area contributed by atoms with Crippen molar-refractivity contribution in [2.45, 2.75) is 51.6 Å². The van der Waals surface area contributed by atoms with Crippen molar-refractivity contribution in [1.29, 1.82) is 0 Å². The Hall–Kier alpha value is -0.860. The molecule has 1 aromatic carbocycles. The maximum atomic E-state index is 5.71. The lowest BCUT2D eigenvalue weighted by molar-refractivity contribution is 0.101. The van der Waals surface area contributed by atoms with Crippen LogP contribution in [0.1, 0.15) is 43.2 Å². The SMILES string of the molecule is CNCC(CCCC1CCCO1)Cc1ccc(C)cc1. The third-order valence-electron chi connectivity index (χ3n) is 4.30. The quantitative estimate of drug-likeness (QED) is 0.780. The molecule has 112 valence electrons. The van der Waals surface area contributed by atoms with E-state index < -0.39 is 0 Å². The molecule has 0 saturated carbocycles. The monoisotopic (exact) mass is 275 g/mol. The van der Waals surface area contributed by atoms with Crippen LogP contribution < -0.4 is 5.32 Å². The molecule has 0 bridgehead atoms. The number of ether oxygens (including phenoxy) is 1. The number of rotatable bonds is 8. The van der Waals surface area contributed by atoms with Crippen LogP contribution in [0.25, 0.3) is 0 Å². The van der Waals surface area contributed by atoms with Crippen LogP contribution >= 0.6 is 0 Å². The van der Waals surface area contributed by atoms with Gasteiger partial charge in [-0.15, -0.1) is 0 Å². The predicted octanol–water partition coefficient (Wildman–Crippen LogP) is 3.72. The fourth-order valence-electron chi connectivity index (χ4n) is 3.13. The molecule has 1 aliphatic heterocycles. The van der Waals surface area contributed by atoms with Gasteiger partial charge in [-0.1, -0.05) is 36.2 Å². The Morgan fingerprint density at radius 2 is 2.10 bits per heavy atom. The fourth-order valence-corrected chi connectivity index (χ4v) is 3.13. The summed E-state index contributed by atoms with van der Waals surface area (Å²) in [4.78, 5) is 0. The summed E-state index contributed by atoms with van der Waals surface area (Å²) in [5.41, 5.74) is 2.81. The summed E-state index contributed by atoms with van der Waals surface area (Å²) >= 11 is 0. The van der Waals surface area contributed by atoms with E-state index in [0.29, 0.717) is 6.10 Å². The highest BCUT2D eigenvalue weighted by Crippen LogP contribution is 2.21. The van der Waals surface area contributed by atoms with E-state index in [-0.39, 0.29) is 0 Å². The Morgan fingerprint density at radius 3 is 2.75 bits per heavy atom. The van der Waals surface area contributed by atoms with Crippen molar-refractivity contribution in [3.05, 3.63) is 35.4 Å². The predicted molar refractivity (Wildman–Crippen MR) is 85.1 cm³/mol.